The summed E-state index contributed by atoms with van der Waals surface area (Å²) in [5.41, 5.74) is 1.09. The molecule has 1 N–H and O–H groups in total. The number of rotatable bonds is 5. The summed E-state index contributed by atoms with van der Waals surface area (Å²) in [5, 5.41) is 3.66. The van der Waals surface area contributed by atoms with E-state index in [9.17, 15) is 0 Å². The van der Waals surface area contributed by atoms with Crippen LogP contribution in [0.3, 0.4) is 0 Å². The molecule has 1 aromatic heterocycles. The van der Waals surface area contributed by atoms with Gasteiger partial charge in [-0.25, -0.2) is 0 Å². The molecule has 0 saturated carbocycles. The van der Waals surface area contributed by atoms with Crippen LogP contribution in [0.4, 0.5) is 0 Å². The Kier molecular flexibility index (Phi) is 4.69. The minimum absolute atomic E-state index is 0.361. The Morgan fingerprint density at radius 1 is 1.39 bits per heavy atom. The van der Waals surface area contributed by atoms with E-state index >= 15 is 0 Å². The lowest BCUT2D eigenvalue weighted by molar-refractivity contribution is 0.268. The maximum Gasteiger partial charge on any atom is 0.146 e. The van der Waals surface area contributed by atoms with Crippen molar-refractivity contribution in [2.45, 2.75) is 13.2 Å². The zero-order chi connectivity index (χ0) is 13.0. The fraction of sp³-hybridized carbons (Fsp3) is 0.231. The molecule has 0 unspecified atom stereocenters. The van der Waals surface area contributed by atoms with Crippen molar-refractivity contribution in [1.82, 2.24) is 5.32 Å². The number of furan rings is 1. The first-order valence-corrected chi connectivity index (χ1v) is 6.65. The molecule has 0 radical (unpaired) electrons. The molecule has 0 fully saturated rings. The average Bonchev–Trinajstić information content (AvgIpc) is 2.78. The van der Waals surface area contributed by atoms with E-state index in [-0.39, 0.29) is 0 Å². The van der Waals surface area contributed by atoms with Crippen molar-refractivity contribution in [2.75, 3.05) is 7.05 Å². The van der Waals surface area contributed by atoms with Crippen LogP contribution in [0.25, 0.3) is 0 Å². The molecule has 0 aliphatic heterocycles. The first-order valence-electron chi connectivity index (χ1n) is 5.48. The molecule has 1 heterocycles. The van der Waals surface area contributed by atoms with Crippen molar-refractivity contribution in [1.29, 1.82) is 0 Å². The van der Waals surface area contributed by atoms with Crippen molar-refractivity contribution >= 4 is 27.5 Å². The first kappa shape index (κ1) is 13.5. The van der Waals surface area contributed by atoms with E-state index in [0.29, 0.717) is 17.4 Å². The van der Waals surface area contributed by atoms with E-state index in [4.69, 9.17) is 20.8 Å². The first-order chi connectivity index (χ1) is 8.70. The molecule has 0 amide bonds. The van der Waals surface area contributed by atoms with Gasteiger partial charge in [-0.2, -0.15) is 0 Å². The van der Waals surface area contributed by atoms with Gasteiger partial charge in [0.25, 0.3) is 0 Å². The number of hydrogen-bond acceptors (Lipinski definition) is 3. The Balaban J connectivity index is 2.06. The molecule has 18 heavy (non-hydrogen) atoms. The number of hydrogen-bond donors (Lipinski definition) is 1. The predicted octanol–water partition coefficient (Wildman–Crippen LogP) is 3.99. The summed E-state index contributed by atoms with van der Waals surface area (Å²) in [6.07, 6.45) is 1.66. The Hall–Kier alpha value is -0.970. The largest absolute Gasteiger partial charge is 0.484 e. The standard InChI is InChI=1S/C13H13BrClNO2/c1-16-7-9-4-5-17-13(9)8-18-12-6-10(14)2-3-11(12)15/h2-6,16H,7-8H2,1H3. The smallest absolute Gasteiger partial charge is 0.146 e. The Morgan fingerprint density at radius 2 is 2.22 bits per heavy atom. The summed E-state index contributed by atoms with van der Waals surface area (Å²) in [5.74, 6) is 1.44. The second-order valence-electron chi connectivity index (χ2n) is 3.76. The molecule has 0 aliphatic carbocycles. The maximum atomic E-state index is 6.05. The van der Waals surface area contributed by atoms with Crippen LogP contribution in [0.5, 0.6) is 5.75 Å². The van der Waals surface area contributed by atoms with Crippen LogP contribution in [0, 0.1) is 0 Å². The molecule has 0 saturated heterocycles. The van der Waals surface area contributed by atoms with Crippen LogP contribution in [0.1, 0.15) is 11.3 Å². The van der Waals surface area contributed by atoms with Crippen LogP contribution in [0.15, 0.2) is 39.4 Å². The van der Waals surface area contributed by atoms with E-state index in [1.807, 2.05) is 25.2 Å². The van der Waals surface area contributed by atoms with E-state index in [2.05, 4.69) is 21.2 Å². The highest BCUT2D eigenvalue weighted by Gasteiger charge is 2.08. The SMILES string of the molecule is CNCc1ccoc1COc1cc(Br)ccc1Cl. The van der Waals surface area contributed by atoms with Gasteiger partial charge in [-0.05, 0) is 31.3 Å². The molecule has 0 spiro atoms. The lowest BCUT2D eigenvalue weighted by Crippen LogP contribution is -2.07. The Labute approximate surface area is 119 Å². The van der Waals surface area contributed by atoms with Gasteiger partial charge in [0.1, 0.15) is 18.1 Å². The highest BCUT2D eigenvalue weighted by molar-refractivity contribution is 9.10. The second kappa shape index (κ2) is 6.27. The van der Waals surface area contributed by atoms with Crippen LogP contribution < -0.4 is 10.1 Å². The Bertz CT molecular complexity index is 527. The van der Waals surface area contributed by atoms with Crippen LogP contribution in [0.2, 0.25) is 5.02 Å². The minimum Gasteiger partial charge on any atom is -0.484 e. The number of benzene rings is 1. The van der Waals surface area contributed by atoms with Crippen molar-refractivity contribution in [2.24, 2.45) is 0 Å². The molecule has 3 nitrogen and oxygen atoms in total. The van der Waals surface area contributed by atoms with Crippen molar-refractivity contribution in [3.63, 3.8) is 0 Å². The molecule has 0 atom stereocenters. The third kappa shape index (κ3) is 3.28. The van der Waals surface area contributed by atoms with Gasteiger partial charge in [0.05, 0.1) is 11.3 Å². The van der Waals surface area contributed by atoms with Crippen LogP contribution >= 0.6 is 27.5 Å². The summed E-state index contributed by atoms with van der Waals surface area (Å²) < 4.78 is 12.0. The molecule has 0 aliphatic rings. The summed E-state index contributed by atoms with van der Waals surface area (Å²) in [7, 11) is 1.89. The third-order valence-corrected chi connectivity index (χ3v) is 3.26. The average molecular weight is 331 g/mol. The van der Waals surface area contributed by atoms with Crippen molar-refractivity contribution in [3.8, 4) is 5.75 Å². The molecule has 0 bridgehead atoms. The third-order valence-electron chi connectivity index (χ3n) is 2.46. The minimum atomic E-state index is 0.361. The fourth-order valence-electron chi connectivity index (χ4n) is 1.57. The quantitative estimate of drug-likeness (QED) is 0.900. The number of ether oxygens (including phenoxy) is 1. The second-order valence-corrected chi connectivity index (χ2v) is 5.09. The van der Waals surface area contributed by atoms with Gasteiger partial charge < -0.3 is 14.5 Å². The van der Waals surface area contributed by atoms with E-state index in [1.54, 1.807) is 12.3 Å². The zero-order valence-corrected chi connectivity index (χ0v) is 12.2. The summed E-state index contributed by atoms with van der Waals surface area (Å²) in [6, 6.07) is 7.42. The molecule has 96 valence electrons. The predicted molar refractivity (Wildman–Crippen MR) is 75.0 cm³/mol. The van der Waals surface area contributed by atoms with Gasteiger partial charge in [-0.3, -0.25) is 0 Å². The topological polar surface area (TPSA) is 34.4 Å². The van der Waals surface area contributed by atoms with Gasteiger partial charge in [0.15, 0.2) is 0 Å². The lowest BCUT2D eigenvalue weighted by Gasteiger charge is -2.08. The highest BCUT2D eigenvalue weighted by Crippen LogP contribution is 2.28. The molecule has 1 aromatic carbocycles. The van der Waals surface area contributed by atoms with E-state index in [1.165, 1.54) is 0 Å². The van der Waals surface area contributed by atoms with Crippen molar-refractivity contribution < 1.29 is 9.15 Å². The number of halogens is 2. The summed E-state index contributed by atoms with van der Waals surface area (Å²) in [4.78, 5) is 0. The summed E-state index contributed by atoms with van der Waals surface area (Å²) in [6.45, 7) is 1.11. The van der Waals surface area contributed by atoms with Crippen LogP contribution in [-0.2, 0) is 13.2 Å². The molecular weight excluding hydrogens is 318 g/mol. The molecule has 2 rings (SSSR count). The summed E-state index contributed by atoms with van der Waals surface area (Å²) >= 11 is 9.43. The number of nitrogens with one attached hydrogen (secondary N) is 1. The fourth-order valence-corrected chi connectivity index (χ4v) is 2.08. The monoisotopic (exact) mass is 329 g/mol. The van der Waals surface area contributed by atoms with Crippen LogP contribution in [-0.4, -0.2) is 7.05 Å². The van der Waals surface area contributed by atoms with Crippen molar-refractivity contribution in [3.05, 3.63) is 51.3 Å². The normalized spacial score (nSPS) is 10.6. The van der Waals surface area contributed by atoms with Gasteiger partial charge in [-0.15, -0.1) is 0 Å². The highest BCUT2D eigenvalue weighted by atomic mass is 79.9. The lowest BCUT2D eigenvalue weighted by atomic mass is 10.2. The van der Waals surface area contributed by atoms with Gasteiger partial charge >= 0.3 is 0 Å². The molecule has 5 heteroatoms. The van der Waals surface area contributed by atoms with Gasteiger partial charge in [0.2, 0.25) is 0 Å². The maximum absolute atomic E-state index is 6.05. The Morgan fingerprint density at radius 3 is 3.00 bits per heavy atom. The zero-order valence-electron chi connectivity index (χ0n) is 9.87. The van der Waals surface area contributed by atoms with E-state index in [0.717, 1.165) is 22.3 Å². The van der Waals surface area contributed by atoms with Gasteiger partial charge in [-0.1, -0.05) is 27.5 Å². The molecular formula is C13H13BrClNO2. The molecule has 2 aromatic rings. The van der Waals surface area contributed by atoms with E-state index < -0.39 is 0 Å². The van der Waals surface area contributed by atoms with Gasteiger partial charge in [0, 0.05) is 16.6 Å².